The first-order valence-electron chi connectivity index (χ1n) is 13.8. The van der Waals surface area contributed by atoms with Gasteiger partial charge in [-0.2, -0.15) is 0 Å². The average Bonchev–Trinajstić information content (AvgIpc) is 2.95. The molecule has 7 rings (SSSR count). The third kappa shape index (κ3) is 3.82. The van der Waals surface area contributed by atoms with Gasteiger partial charge in [0.1, 0.15) is 17.6 Å². The number of piperidine rings is 1. The van der Waals surface area contributed by atoms with Crippen molar-refractivity contribution in [2.45, 2.75) is 43.6 Å². The monoisotopic (exact) mass is 497 g/mol. The molecule has 4 aliphatic rings. The molecular weight excluding hydrogens is 462 g/mol. The van der Waals surface area contributed by atoms with Gasteiger partial charge in [0, 0.05) is 18.7 Å². The van der Waals surface area contributed by atoms with Crippen LogP contribution in [0.3, 0.4) is 0 Å². The Morgan fingerprint density at radius 3 is 2.68 bits per heavy atom. The molecule has 7 nitrogen and oxygen atoms in total. The maximum absolute atomic E-state index is 10.3. The summed E-state index contributed by atoms with van der Waals surface area (Å²) in [5.74, 6) is 3.83. The minimum atomic E-state index is 0.205. The second-order valence-corrected chi connectivity index (χ2v) is 11.5. The zero-order valence-electron chi connectivity index (χ0n) is 21.1. The molecule has 0 bridgehead atoms. The third-order valence-corrected chi connectivity index (χ3v) is 9.45. The Hall–Kier alpha value is -3.32. The van der Waals surface area contributed by atoms with E-state index in [-0.39, 0.29) is 5.75 Å². The number of para-hydroxylation sites is 1. The molecule has 4 fully saturated rings. The van der Waals surface area contributed by atoms with Gasteiger partial charge in [-0.25, -0.2) is 0 Å². The van der Waals surface area contributed by atoms with Gasteiger partial charge in [-0.05, 0) is 104 Å². The fraction of sp³-hybridized carbons (Fsp3) is 0.467. The van der Waals surface area contributed by atoms with Crippen LogP contribution in [0.5, 0.6) is 11.5 Å². The number of rotatable bonds is 5. The Labute approximate surface area is 218 Å². The van der Waals surface area contributed by atoms with Crippen molar-refractivity contribution >= 4 is 11.5 Å². The average molecular weight is 498 g/mol. The van der Waals surface area contributed by atoms with Crippen LogP contribution >= 0.6 is 0 Å². The smallest absolute Gasteiger partial charge is 0.169 e. The molecule has 7 heteroatoms. The lowest BCUT2D eigenvalue weighted by Crippen LogP contribution is -2.64. The molecule has 3 heterocycles. The van der Waals surface area contributed by atoms with Gasteiger partial charge in [-0.3, -0.25) is 0 Å². The summed E-state index contributed by atoms with van der Waals surface area (Å²) in [6.45, 7) is 4.05. The van der Waals surface area contributed by atoms with Crippen LogP contribution in [0.1, 0.15) is 37.7 Å². The second-order valence-electron chi connectivity index (χ2n) is 11.5. The van der Waals surface area contributed by atoms with E-state index in [1.54, 1.807) is 6.07 Å². The van der Waals surface area contributed by atoms with Crippen molar-refractivity contribution in [1.82, 2.24) is 15.5 Å². The van der Waals surface area contributed by atoms with Crippen LogP contribution in [-0.4, -0.2) is 47.6 Å². The van der Waals surface area contributed by atoms with Crippen molar-refractivity contribution in [3.63, 3.8) is 0 Å². The third-order valence-electron chi connectivity index (χ3n) is 9.45. The van der Waals surface area contributed by atoms with Gasteiger partial charge < -0.3 is 25.8 Å². The molecule has 2 aliphatic heterocycles. The van der Waals surface area contributed by atoms with Crippen LogP contribution in [0.4, 0.5) is 11.5 Å². The number of nitrogen functional groups attached to an aromatic ring is 1. The van der Waals surface area contributed by atoms with Gasteiger partial charge in [0.05, 0.1) is 11.4 Å². The lowest BCUT2D eigenvalue weighted by Gasteiger charge is -2.67. The summed E-state index contributed by atoms with van der Waals surface area (Å²) in [6, 6.07) is 18.2. The van der Waals surface area contributed by atoms with E-state index in [4.69, 9.17) is 10.5 Å². The first-order valence-corrected chi connectivity index (χ1v) is 13.8. The van der Waals surface area contributed by atoms with E-state index in [2.05, 4.69) is 44.7 Å². The molecule has 2 saturated heterocycles. The number of phenolic OH excluding ortho intramolecular Hbond substituents is 1. The van der Waals surface area contributed by atoms with Crippen molar-refractivity contribution in [3.8, 4) is 22.8 Å². The highest BCUT2D eigenvalue weighted by atomic mass is 16.5. The zero-order valence-corrected chi connectivity index (χ0v) is 21.1. The molecule has 4 atom stereocenters. The predicted octanol–water partition coefficient (Wildman–Crippen LogP) is 4.37. The molecule has 3 aromatic rings. The van der Waals surface area contributed by atoms with Crippen molar-refractivity contribution in [2.75, 3.05) is 36.8 Å². The molecule has 192 valence electrons. The van der Waals surface area contributed by atoms with Gasteiger partial charge in [-0.1, -0.05) is 24.3 Å². The van der Waals surface area contributed by atoms with E-state index < -0.39 is 0 Å². The Morgan fingerprint density at radius 2 is 1.81 bits per heavy atom. The van der Waals surface area contributed by atoms with Crippen LogP contribution in [0, 0.1) is 17.8 Å². The maximum Gasteiger partial charge on any atom is 0.169 e. The van der Waals surface area contributed by atoms with E-state index in [1.807, 2.05) is 24.3 Å². The van der Waals surface area contributed by atoms with Crippen molar-refractivity contribution in [1.29, 1.82) is 0 Å². The van der Waals surface area contributed by atoms with Crippen molar-refractivity contribution in [2.24, 2.45) is 17.8 Å². The van der Waals surface area contributed by atoms with E-state index in [0.29, 0.717) is 34.5 Å². The van der Waals surface area contributed by atoms with Crippen LogP contribution in [0.2, 0.25) is 0 Å². The molecule has 2 saturated carbocycles. The minimum Gasteiger partial charge on any atom is -0.507 e. The number of phenols is 1. The number of nitrogens with two attached hydrogens (primary N) is 1. The van der Waals surface area contributed by atoms with Crippen molar-refractivity contribution in [3.05, 3.63) is 60.2 Å². The minimum absolute atomic E-state index is 0.205. The molecule has 0 amide bonds. The molecular formula is C30H35N5O2. The summed E-state index contributed by atoms with van der Waals surface area (Å²) >= 11 is 0. The Bertz CT molecular complexity index is 1310. The summed E-state index contributed by atoms with van der Waals surface area (Å²) in [5.41, 5.74) is 10.4. The van der Waals surface area contributed by atoms with Gasteiger partial charge in [-0.15, -0.1) is 10.2 Å². The summed E-state index contributed by atoms with van der Waals surface area (Å²) in [5, 5.41) is 22.3. The number of aromatic hydroxyl groups is 1. The lowest BCUT2D eigenvalue weighted by atomic mass is 9.36. The number of anilines is 2. The maximum atomic E-state index is 10.3. The highest BCUT2D eigenvalue weighted by molar-refractivity contribution is 5.74. The molecule has 0 spiro atoms. The lowest BCUT2D eigenvalue weighted by molar-refractivity contribution is -0.115. The molecule has 1 aromatic heterocycles. The first-order chi connectivity index (χ1) is 18.1. The van der Waals surface area contributed by atoms with Gasteiger partial charge in [0.25, 0.3) is 0 Å². The van der Waals surface area contributed by atoms with Gasteiger partial charge in [0.2, 0.25) is 0 Å². The van der Waals surface area contributed by atoms with Gasteiger partial charge in [0.15, 0.2) is 5.82 Å². The quantitative estimate of drug-likeness (QED) is 0.482. The Balaban J connectivity index is 1.10. The molecule has 4 N–H and O–H groups in total. The number of benzene rings is 2. The predicted molar refractivity (Wildman–Crippen MR) is 145 cm³/mol. The summed E-state index contributed by atoms with van der Waals surface area (Å²) in [6.07, 6.45) is 6.14. The van der Waals surface area contributed by atoms with Crippen LogP contribution in [0.25, 0.3) is 11.3 Å². The number of hydrogen-bond acceptors (Lipinski definition) is 7. The first kappa shape index (κ1) is 22.8. The summed E-state index contributed by atoms with van der Waals surface area (Å²) < 4.78 is 6.39. The van der Waals surface area contributed by atoms with Gasteiger partial charge >= 0.3 is 0 Å². The fourth-order valence-corrected chi connectivity index (χ4v) is 7.77. The Kier molecular flexibility index (Phi) is 5.50. The largest absolute Gasteiger partial charge is 0.507 e. The molecule has 37 heavy (non-hydrogen) atoms. The number of nitrogens with zero attached hydrogens (tertiary/aromatic N) is 3. The SMILES string of the molecule is Nc1nnc(-c2ccccc2O)cc1N1CC[C@@H]2CC3(c4cccc(OC5CCNCC5)c4)C[C@@H](C1)C23. The van der Waals surface area contributed by atoms with Crippen molar-refractivity contribution < 1.29 is 9.84 Å². The zero-order chi connectivity index (χ0) is 25.0. The topological polar surface area (TPSA) is 96.5 Å². The number of aromatic nitrogens is 2. The van der Waals surface area contributed by atoms with E-state index in [1.165, 1.54) is 24.8 Å². The van der Waals surface area contributed by atoms with E-state index >= 15 is 0 Å². The highest BCUT2D eigenvalue weighted by Gasteiger charge is 2.66. The van der Waals surface area contributed by atoms with E-state index in [0.717, 1.165) is 62.3 Å². The molecule has 0 radical (unpaired) electrons. The van der Waals surface area contributed by atoms with Crippen LogP contribution < -0.4 is 20.7 Å². The highest BCUT2D eigenvalue weighted by Crippen LogP contribution is 2.69. The molecule has 2 aliphatic carbocycles. The number of nitrogens with one attached hydrogen (secondary N) is 1. The van der Waals surface area contributed by atoms with Crippen LogP contribution in [-0.2, 0) is 5.41 Å². The van der Waals surface area contributed by atoms with E-state index in [9.17, 15) is 5.11 Å². The molecule has 2 unspecified atom stereocenters. The molecule has 2 aromatic carbocycles. The Morgan fingerprint density at radius 1 is 0.973 bits per heavy atom. The fourth-order valence-electron chi connectivity index (χ4n) is 7.77. The summed E-state index contributed by atoms with van der Waals surface area (Å²) in [7, 11) is 0. The standard InChI is InChI=1S/C30H35N5O2/c31-29-26(15-25(33-34-29)24-6-1-2-7-27(24)36)35-13-10-19-16-30(17-20(18-35)28(19)30)21-4-3-5-23(14-21)37-22-8-11-32-12-9-22/h1-7,14-15,19-20,22,28,32,36H,8-13,16-18H2,(H2,31,34)/t19-,20+,28?,30?/m1/s1. The normalized spacial score (nSPS) is 29.0. The number of ether oxygens (including phenoxy) is 1. The van der Waals surface area contributed by atoms with Crippen LogP contribution in [0.15, 0.2) is 54.6 Å². The summed E-state index contributed by atoms with van der Waals surface area (Å²) in [4.78, 5) is 2.41. The number of hydrogen-bond donors (Lipinski definition) is 3. The second kappa shape index (κ2) is 8.91.